The molecule has 5 aromatic carbocycles. The summed E-state index contributed by atoms with van der Waals surface area (Å²) >= 11 is 6.27. The average molecular weight is 1650 g/mol. The van der Waals surface area contributed by atoms with Crippen molar-refractivity contribution in [2.45, 2.75) is 191 Å². The van der Waals surface area contributed by atoms with Crippen LogP contribution in [-0.2, 0) is 94.4 Å². The number of fused-ring (bicyclic) bond motifs is 1. The molecule has 36 heteroatoms. The molecular formula is C82H103ClN18O17. The molecule has 630 valence electrons. The zero-order valence-corrected chi connectivity index (χ0v) is 67.0. The fourth-order valence-corrected chi connectivity index (χ4v) is 13.5. The number of likely N-dealkylation sites (tertiary alicyclic amines) is 1. The number of nitrogens with one attached hydrogen (secondary N) is 15. The Balaban J connectivity index is 1.10. The minimum absolute atomic E-state index is 0.000157. The maximum Gasteiger partial charge on any atom is 0.342 e. The number of unbranched alkanes of at least 4 members (excludes halogenated alkanes) is 1. The van der Waals surface area contributed by atoms with E-state index in [0.29, 0.717) is 53.1 Å². The number of aromatic nitrogens is 1. The number of urea groups is 2. The smallest absolute Gasteiger partial charge is 0.342 e. The molecule has 0 saturated carbocycles. The number of carbonyl (C=O) groups excluding carboxylic acids is 15. The van der Waals surface area contributed by atoms with Gasteiger partial charge in [-0.2, -0.15) is 0 Å². The van der Waals surface area contributed by atoms with E-state index in [1.165, 1.54) is 85.2 Å². The van der Waals surface area contributed by atoms with Gasteiger partial charge in [-0.15, -0.1) is 0 Å². The monoisotopic (exact) mass is 1650 g/mol. The van der Waals surface area contributed by atoms with Crippen LogP contribution < -0.4 is 85.6 Å². The molecule has 35 nitrogen and oxygen atoms in total. The normalized spacial score (nSPS) is 16.1. The topological polar surface area (TPSA) is 519 Å². The summed E-state index contributed by atoms with van der Waals surface area (Å²) < 4.78 is 0. The van der Waals surface area contributed by atoms with Gasteiger partial charge in [0.15, 0.2) is 0 Å². The third-order valence-electron chi connectivity index (χ3n) is 19.5. The summed E-state index contributed by atoms with van der Waals surface area (Å²) in [6.07, 6.45) is 2.90. The number of rotatable bonds is 41. The van der Waals surface area contributed by atoms with Crippen molar-refractivity contribution in [1.82, 2.24) is 79.2 Å². The number of halogens is 1. The van der Waals surface area contributed by atoms with E-state index in [9.17, 15) is 67.8 Å². The van der Waals surface area contributed by atoms with Crippen LogP contribution in [0.2, 0.25) is 5.02 Å². The van der Waals surface area contributed by atoms with Gasteiger partial charge >= 0.3 is 12.1 Å². The minimum Gasteiger partial charge on any atom is -0.394 e. The first kappa shape index (κ1) is 91.1. The van der Waals surface area contributed by atoms with Crippen molar-refractivity contribution in [1.29, 1.82) is 0 Å². The number of benzene rings is 5. The van der Waals surface area contributed by atoms with E-state index < -0.39 is 168 Å². The minimum atomic E-state index is -1.94. The van der Waals surface area contributed by atoms with Gasteiger partial charge in [0.2, 0.25) is 76.8 Å². The fourth-order valence-electron chi connectivity index (χ4n) is 13.4. The predicted molar refractivity (Wildman–Crippen MR) is 435 cm³/mol. The Labute approximate surface area is 686 Å². The Bertz CT molecular complexity index is 4550. The first-order valence-electron chi connectivity index (χ1n) is 38.9. The van der Waals surface area contributed by atoms with Crippen LogP contribution >= 0.6 is 11.6 Å². The van der Waals surface area contributed by atoms with Crippen molar-refractivity contribution in [2.24, 2.45) is 11.7 Å². The molecule has 3 heterocycles. The number of imide groups is 1. The van der Waals surface area contributed by atoms with E-state index >= 15 is 14.4 Å². The SMILES string of the molecule is CC(=O)N[C@H](Cc1ccc2ccccc2c1)C(=O)N[C@H](Cc1ccc(Cl)cc1)C(=O)N[C@H](Cc1cccnc1)C(=O)N[C@@H](CO)C(=O)N[C@@H](Cc1ccc(NC(=O)[C@@H]2CC(=O)NC(=O)N2)cc1)C(=O)N[C@H](Cc1ccc(NC(=O)NO)cc1)C(=O)N[C@@H](CC(C)C)C(=O)N[C@@H](CCCCNC(C)C)C(=O)N1CCC[C@H]1C(=O)N[C@H](C)C(N)=O. The van der Waals surface area contributed by atoms with Crippen LogP contribution in [0.1, 0.15) is 114 Å². The standard InChI is InChI=1S/C82H103ClN18O17/c1-45(2)35-60(72(107)91-59(16-9-10-33-86-46(3)4)80(115)101-34-12-17-68(101)79(114)87-47(5)70(84)105)92-74(109)63(38-51-23-30-58(31-24-51)90-82(117)100-118)94-76(111)64(39-50-21-28-57(29-22-50)89-71(106)66-42-69(104)99-81(116)98-66)96-78(113)67(44-102)97-77(112)65(41-53-13-11-32-85-43-53)95-75(110)62(37-49-19-26-56(83)27-20-49)93-73(108)61(88-48(6)103)40-52-18-25-54-14-7-8-15-55(54)36-52/h7-8,11,13-15,18-32,36,43,45-47,59-68,86,102,118H,9-10,12,16-17,33-35,37-42,44H2,1-6H3,(H2,84,105)(H,87,114)(H,88,103)(H,89,106)(H,91,107)(H,92,109)(H,93,108)(H,94,111)(H,95,110)(H,96,113)(H,97,112)(H2,90,100,117)(H2,98,99,104,116)/t47-,59+,60+,61-,62-,63-,64+,65-,66+,67+,68+/m1/s1. The van der Waals surface area contributed by atoms with Crippen molar-refractivity contribution in [3.05, 3.63) is 173 Å². The number of aliphatic hydroxyl groups excluding tert-OH is 1. The van der Waals surface area contributed by atoms with Crippen LogP contribution in [0.15, 0.2) is 140 Å². The predicted octanol–water partition coefficient (Wildman–Crippen LogP) is 1.53. The van der Waals surface area contributed by atoms with Gasteiger partial charge in [-0.05, 0) is 139 Å². The van der Waals surface area contributed by atoms with E-state index in [0.717, 1.165) is 10.8 Å². The molecule has 1 aromatic heterocycles. The van der Waals surface area contributed by atoms with Crippen molar-refractivity contribution in [3.8, 4) is 0 Å². The zero-order valence-electron chi connectivity index (χ0n) is 66.3. The Morgan fingerprint density at radius 3 is 1.56 bits per heavy atom. The number of nitrogens with zero attached hydrogens (tertiary/aromatic N) is 2. The summed E-state index contributed by atoms with van der Waals surface area (Å²) in [5.41, 5.74) is 9.45. The van der Waals surface area contributed by atoms with Crippen LogP contribution in [0.4, 0.5) is 21.0 Å². The summed E-state index contributed by atoms with van der Waals surface area (Å²) in [6, 6.07) is 16.8. The second kappa shape index (κ2) is 44.6. The second-order valence-corrected chi connectivity index (χ2v) is 30.3. The van der Waals surface area contributed by atoms with Gasteiger partial charge in [-0.3, -0.25) is 77.8 Å². The highest BCUT2D eigenvalue weighted by molar-refractivity contribution is 6.30. The molecule has 2 saturated heterocycles. The molecule has 0 unspecified atom stereocenters. The Hall–Kier alpha value is -12.5. The molecule has 0 spiro atoms. The van der Waals surface area contributed by atoms with E-state index in [-0.39, 0.29) is 86.8 Å². The van der Waals surface area contributed by atoms with Crippen molar-refractivity contribution in [2.75, 3.05) is 30.3 Å². The lowest BCUT2D eigenvalue weighted by atomic mass is 9.99. The molecule has 8 rings (SSSR count). The number of nitrogens with two attached hydrogens (primary N) is 1. The van der Waals surface area contributed by atoms with Crippen LogP contribution in [-0.4, -0.2) is 201 Å². The zero-order chi connectivity index (χ0) is 85.7. The maximum absolute atomic E-state index is 15.5. The number of hydrogen-bond donors (Lipinski definition) is 18. The lowest BCUT2D eigenvalue weighted by Gasteiger charge is -2.31. The number of pyridine rings is 1. The molecule has 6 aromatic rings. The largest absolute Gasteiger partial charge is 0.394 e. The van der Waals surface area contributed by atoms with Gasteiger partial charge in [-0.25, -0.2) is 15.1 Å². The molecule has 118 heavy (non-hydrogen) atoms. The summed E-state index contributed by atoms with van der Waals surface area (Å²) in [7, 11) is 0. The number of aliphatic hydroxyl groups is 1. The van der Waals surface area contributed by atoms with Crippen molar-refractivity contribution < 1.29 is 82.2 Å². The quantitative estimate of drug-likeness (QED) is 0.0147. The van der Waals surface area contributed by atoms with Gasteiger partial charge in [0.1, 0.15) is 66.5 Å². The van der Waals surface area contributed by atoms with E-state index in [2.05, 4.69) is 74.1 Å². The average Bonchev–Trinajstić information content (AvgIpc) is 1.44. The fraction of sp³-hybridized carbons (Fsp3) is 0.415. The third kappa shape index (κ3) is 28.5. The van der Waals surface area contributed by atoms with Crippen LogP contribution in [0, 0.1) is 5.92 Å². The van der Waals surface area contributed by atoms with Gasteiger partial charge in [-0.1, -0.05) is 124 Å². The summed E-state index contributed by atoms with van der Waals surface area (Å²) in [4.78, 5) is 214. The third-order valence-corrected chi connectivity index (χ3v) is 19.8. The molecule has 2 aliphatic rings. The van der Waals surface area contributed by atoms with Crippen LogP contribution in [0.3, 0.4) is 0 Å². The van der Waals surface area contributed by atoms with Gasteiger partial charge in [0.25, 0.3) is 0 Å². The van der Waals surface area contributed by atoms with Gasteiger partial charge < -0.3 is 84.9 Å². The molecule has 0 radical (unpaired) electrons. The van der Waals surface area contributed by atoms with E-state index in [4.69, 9.17) is 17.3 Å². The molecule has 2 fully saturated rings. The van der Waals surface area contributed by atoms with Gasteiger partial charge in [0, 0.05) is 80.4 Å². The first-order valence-corrected chi connectivity index (χ1v) is 39.2. The second-order valence-electron chi connectivity index (χ2n) is 29.8. The number of anilines is 2. The van der Waals surface area contributed by atoms with Crippen LogP contribution in [0.25, 0.3) is 10.8 Å². The summed E-state index contributed by atoms with van der Waals surface area (Å²) in [5, 5.41) is 59.5. The number of carbonyl (C=O) groups is 15. The lowest BCUT2D eigenvalue weighted by Crippen LogP contribution is -2.62. The highest BCUT2D eigenvalue weighted by Gasteiger charge is 2.41. The van der Waals surface area contributed by atoms with E-state index in [1.807, 2.05) is 61.6 Å². The van der Waals surface area contributed by atoms with Crippen LogP contribution in [0.5, 0.6) is 0 Å². The van der Waals surface area contributed by atoms with E-state index in [1.54, 1.807) is 50.2 Å². The Kier molecular flexibility index (Phi) is 34.4. The summed E-state index contributed by atoms with van der Waals surface area (Å²) in [5.74, 6) is -11.1. The molecular weight excluding hydrogens is 1540 g/mol. The molecule has 0 aliphatic carbocycles. The van der Waals surface area contributed by atoms with Gasteiger partial charge in [0.05, 0.1) is 13.0 Å². The highest BCUT2D eigenvalue weighted by Crippen LogP contribution is 2.24. The number of amides is 17. The molecule has 17 amide bonds. The Morgan fingerprint density at radius 2 is 1.04 bits per heavy atom. The maximum atomic E-state index is 15.5. The molecule has 19 N–H and O–H groups in total. The Morgan fingerprint density at radius 1 is 0.551 bits per heavy atom. The number of primary amides is 1. The number of hydrogen-bond acceptors (Lipinski definition) is 19. The molecule has 2 aliphatic heterocycles. The molecule has 0 bridgehead atoms. The first-order chi connectivity index (χ1) is 56.3. The highest BCUT2D eigenvalue weighted by atomic mass is 35.5. The molecule has 11 atom stereocenters. The number of hydroxylamine groups is 1. The summed E-state index contributed by atoms with van der Waals surface area (Å²) in [6.45, 7) is 9.68. The van der Waals surface area contributed by atoms with Crippen molar-refractivity contribution >= 4 is 123 Å². The lowest BCUT2D eigenvalue weighted by molar-refractivity contribution is -0.142. The van der Waals surface area contributed by atoms with Crippen molar-refractivity contribution in [3.63, 3.8) is 0 Å².